The molecule has 1 aromatic heterocycles. The Labute approximate surface area is 172 Å². The van der Waals surface area contributed by atoms with Crippen molar-refractivity contribution in [3.63, 3.8) is 0 Å². The van der Waals surface area contributed by atoms with Crippen LogP contribution in [-0.2, 0) is 20.3 Å². The third-order valence-corrected chi connectivity index (χ3v) is 5.20. The van der Waals surface area contributed by atoms with E-state index in [2.05, 4.69) is 15.3 Å². The number of carbonyl (C=O) groups excluding carboxylic acids is 1. The van der Waals surface area contributed by atoms with Crippen LogP contribution >= 0.6 is 7.60 Å². The van der Waals surface area contributed by atoms with E-state index in [9.17, 15) is 24.5 Å². The van der Waals surface area contributed by atoms with Gasteiger partial charge in [0.1, 0.15) is 11.5 Å². The quantitative estimate of drug-likeness (QED) is 0.267. The van der Waals surface area contributed by atoms with Crippen LogP contribution in [0.4, 0.5) is 0 Å². The molecule has 9 nitrogen and oxygen atoms in total. The second kappa shape index (κ2) is 10.2. The number of hydrogen-bond acceptors (Lipinski definition) is 7. The molecular weight excluding hydrogens is 372 g/mol. The zero-order chi connectivity index (χ0) is 18.4. The molecule has 0 aliphatic rings. The van der Waals surface area contributed by atoms with Crippen LogP contribution < -0.4 is 40.0 Å². The number of benzene rings is 1. The van der Waals surface area contributed by atoms with Crippen LogP contribution in [0.5, 0.6) is 5.75 Å². The maximum atomic E-state index is 12.6. The van der Waals surface area contributed by atoms with Crippen molar-refractivity contribution < 1.29 is 58.5 Å². The number of hydrogen-bond donors (Lipinski definition) is 4. The molecule has 136 valence electrons. The van der Waals surface area contributed by atoms with Gasteiger partial charge in [-0.1, -0.05) is 18.2 Å². The van der Waals surface area contributed by atoms with E-state index in [0.29, 0.717) is 5.69 Å². The molecule has 26 heavy (non-hydrogen) atoms. The molecule has 0 fully saturated rings. The van der Waals surface area contributed by atoms with Crippen molar-refractivity contribution in [1.29, 1.82) is 0 Å². The summed E-state index contributed by atoms with van der Waals surface area (Å²) >= 11 is 0. The fourth-order valence-electron chi connectivity index (χ4n) is 2.36. The molecule has 3 atom stereocenters. The van der Waals surface area contributed by atoms with E-state index in [0.717, 1.165) is 0 Å². The molecule has 0 spiro atoms. The molecule has 0 saturated carbocycles. The summed E-state index contributed by atoms with van der Waals surface area (Å²) in [4.78, 5) is 28.3. The SMILES string of the molecule is CCOP(=O)(O)C(N[C@@H](Cc1cnc[nH]1)C(=O)[O-])c1ccccc1O.[Na+]. The minimum Gasteiger partial charge on any atom is -0.548 e. The Kier molecular flexibility index (Phi) is 8.99. The van der Waals surface area contributed by atoms with Crippen molar-refractivity contribution >= 4 is 13.6 Å². The second-order valence-electron chi connectivity index (χ2n) is 5.26. The summed E-state index contributed by atoms with van der Waals surface area (Å²) in [6.45, 7) is 1.47. The monoisotopic (exact) mass is 391 g/mol. The fraction of sp³-hybridized carbons (Fsp3) is 0.333. The van der Waals surface area contributed by atoms with Crippen molar-refractivity contribution in [1.82, 2.24) is 15.3 Å². The maximum absolute atomic E-state index is 12.6. The average molecular weight is 391 g/mol. The van der Waals surface area contributed by atoms with Crippen molar-refractivity contribution in [3.05, 3.63) is 48.0 Å². The number of phenolic OH excluding ortho intramolecular Hbond substituents is 1. The topological polar surface area (TPSA) is 148 Å². The maximum Gasteiger partial charge on any atom is 1.00 e. The molecule has 1 heterocycles. The van der Waals surface area contributed by atoms with E-state index < -0.39 is 25.4 Å². The molecule has 0 aliphatic carbocycles. The number of nitrogens with zero attached hydrogens (tertiary/aromatic N) is 1. The van der Waals surface area contributed by atoms with Gasteiger partial charge in [-0.3, -0.25) is 9.88 Å². The van der Waals surface area contributed by atoms with E-state index in [4.69, 9.17) is 4.52 Å². The molecule has 1 aromatic carbocycles. The number of imidazole rings is 1. The Morgan fingerprint density at radius 1 is 1.46 bits per heavy atom. The van der Waals surface area contributed by atoms with Crippen LogP contribution in [0.3, 0.4) is 0 Å². The van der Waals surface area contributed by atoms with E-state index in [1.807, 2.05) is 0 Å². The van der Waals surface area contributed by atoms with Gasteiger partial charge in [-0.25, -0.2) is 4.98 Å². The minimum absolute atomic E-state index is 0. The van der Waals surface area contributed by atoms with Gasteiger partial charge in [0.25, 0.3) is 0 Å². The van der Waals surface area contributed by atoms with Crippen LogP contribution in [0, 0.1) is 0 Å². The molecule has 4 N–H and O–H groups in total. The summed E-state index contributed by atoms with van der Waals surface area (Å²) < 4.78 is 17.5. The molecular formula is C15H19N3NaO6P. The van der Waals surface area contributed by atoms with Crippen molar-refractivity contribution in [3.8, 4) is 5.75 Å². The summed E-state index contributed by atoms with van der Waals surface area (Å²) in [5.74, 6) is -3.17. The molecule has 11 heteroatoms. The average Bonchev–Trinajstić information content (AvgIpc) is 3.05. The molecule has 0 radical (unpaired) electrons. The van der Waals surface area contributed by atoms with Gasteiger partial charge in [0.15, 0.2) is 0 Å². The number of phenols is 1. The number of rotatable bonds is 9. The van der Waals surface area contributed by atoms with E-state index >= 15 is 0 Å². The number of H-pyrrole nitrogens is 1. The summed E-state index contributed by atoms with van der Waals surface area (Å²) in [7, 11) is -4.32. The number of nitrogens with one attached hydrogen (secondary N) is 2. The van der Waals surface area contributed by atoms with Gasteiger partial charge in [0.05, 0.1) is 24.9 Å². The van der Waals surface area contributed by atoms with Crippen LogP contribution in [0.15, 0.2) is 36.8 Å². The van der Waals surface area contributed by atoms with Gasteiger partial charge in [-0.15, -0.1) is 0 Å². The number of aromatic amines is 1. The predicted octanol–water partition coefficient (Wildman–Crippen LogP) is -2.71. The number of aliphatic carboxylic acids is 1. The smallest absolute Gasteiger partial charge is 0.548 e. The first kappa shape index (κ1) is 22.9. The van der Waals surface area contributed by atoms with Gasteiger partial charge in [-0.05, 0) is 13.0 Å². The standard InChI is InChI=1S/C15H20N3O6P.Na/c1-2-24-25(22,23)14(11-5-3-4-6-13(11)19)18-12(15(20)21)7-10-8-16-9-17-10;/h3-6,8-9,12,14,18-19H,2,7H2,1H3,(H,16,17)(H,20,21)(H,22,23);/q;+1/p-1/t12-,14?;/m0./s1. The molecule has 0 saturated heterocycles. The molecule has 2 rings (SSSR count). The van der Waals surface area contributed by atoms with Gasteiger partial charge in [0.2, 0.25) is 0 Å². The second-order valence-corrected chi connectivity index (χ2v) is 7.17. The van der Waals surface area contributed by atoms with Crippen LogP contribution in [0.2, 0.25) is 0 Å². The number of carbonyl (C=O) groups is 1. The van der Waals surface area contributed by atoms with E-state index in [1.165, 1.54) is 31.6 Å². The third kappa shape index (κ3) is 5.92. The zero-order valence-corrected chi connectivity index (χ0v) is 17.3. The van der Waals surface area contributed by atoms with E-state index in [-0.39, 0.29) is 53.9 Å². The first-order chi connectivity index (χ1) is 11.8. The van der Waals surface area contributed by atoms with Crippen molar-refractivity contribution in [2.24, 2.45) is 0 Å². The molecule has 0 amide bonds. The first-order valence-electron chi connectivity index (χ1n) is 7.54. The Morgan fingerprint density at radius 3 is 2.69 bits per heavy atom. The minimum atomic E-state index is -4.32. The van der Waals surface area contributed by atoms with Gasteiger partial charge in [0, 0.05) is 23.9 Å². The Bertz CT molecular complexity index is 758. The Hall–Kier alpha value is -1.19. The summed E-state index contributed by atoms with van der Waals surface area (Å²) in [6.07, 6.45) is 2.77. The van der Waals surface area contributed by atoms with Crippen LogP contribution in [0.1, 0.15) is 24.0 Å². The normalized spacial score (nSPS) is 15.5. The number of aromatic nitrogens is 2. The summed E-state index contributed by atoms with van der Waals surface area (Å²) in [6, 6.07) is 4.53. The molecule has 0 aliphatic heterocycles. The van der Waals surface area contributed by atoms with E-state index in [1.54, 1.807) is 12.1 Å². The van der Waals surface area contributed by atoms with Crippen molar-refractivity contribution in [2.45, 2.75) is 25.2 Å². The molecule has 0 bridgehead atoms. The third-order valence-electron chi connectivity index (χ3n) is 3.49. The Balaban J connectivity index is 0.00000338. The van der Waals surface area contributed by atoms with Gasteiger partial charge in [-0.2, -0.15) is 0 Å². The Morgan fingerprint density at radius 2 is 2.15 bits per heavy atom. The van der Waals surface area contributed by atoms with Gasteiger partial charge < -0.3 is 29.4 Å². The predicted molar refractivity (Wildman–Crippen MR) is 86.5 cm³/mol. The van der Waals surface area contributed by atoms with Crippen molar-refractivity contribution in [2.75, 3.05) is 6.61 Å². The van der Waals surface area contributed by atoms with Crippen LogP contribution in [0.25, 0.3) is 0 Å². The number of carboxylic acids is 1. The summed E-state index contributed by atoms with van der Waals surface area (Å²) in [5, 5.41) is 24.1. The molecule has 2 aromatic rings. The first-order valence-corrected chi connectivity index (χ1v) is 9.19. The van der Waals surface area contributed by atoms with Crippen LogP contribution in [-0.4, -0.2) is 38.6 Å². The number of aromatic hydroxyl groups is 1. The number of para-hydroxylation sites is 1. The zero-order valence-electron chi connectivity index (χ0n) is 14.5. The van der Waals surface area contributed by atoms with Gasteiger partial charge >= 0.3 is 37.2 Å². The summed E-state index contributed by atoms with van der Waals surface area (Å²) in [5.41, 5.74) is 0.555. The number of carboxylic acid groups (broad SMARTS) is 1. The fourth-order valence-corrected chi connectivity index (χ4v) is 3.81. The largest absolute Gasteiger partial charge is 1.00 e. The molecule has 2 unspecified atom stereocenters.